The zero-order valence-electron chi connectivity index (χ0n) is 10.4. The van der Waals surface area contributed by atoms with E-state index in [-0.39, 0.29) is 17.1 Å². The van der Waals surface area contributed by atoms with Crippen LogP contribution in [-0.4, -0.2) is 4.92 Å². The molecule has 0 amide bonds. The van der Waals surface area contributed by atoms with Gasteiger partial charge < -0.3 is 5.32 Å². The van der Waals surface area contributed by atoms with E-state index in [0.29, 0.717) is 12.1 Å². The molecule has 0 aliphatic carbocycles. The third kappa shape index (κ3) is 3.25. The lowest BCUT2D eigenvalue weighted by Gasteiger charge is -2.10. The number of nitro benzene ring substituents is 1. The quantitative estimate of drug-likeness (QED) is 0.676. The predicted molar refractivity (Wildman–Crippen MR) is 71.7 cm³/mol. The summed E-state index contributed by atoms with van der Waals surface area (Å²) in [6.45, 7) is -0.283. The van der Waals surface area contributed by atoms with Gasteiger partial charge in [0.2, 0.25) is 0 Å². The molecule has 0 atom stereocenters. The van der Waals surface area contributed by atoms with E-state index >= 15 is 0 Å². The molecule has 0 fully saturated rings. The Morgan fingerprint density at radius 1 is 1.19 bits per heavy atom. The van der Waals surface area contributed by atoms with Gasteiger partial charge in [-0.3, -0.25) is 10.1 Å². The van der Waals surface area contributed by atoms with Crippen LogP contribution in [0.1, 0.15) is 5.56 Å². The number of hydrogen-bond donors (Lipinski definition) is 1. The van der Waals surface area contributed by atoms with Crippen LogP contribution in [-0.2, 0) is 6.54 Å². The fourth-order valence-corrected chi connectivity index (χ4v) is 1.99. The first-order chi connectivity index (χ1) is 9.90. The molecule has 0 spiro atoms. The zero-order valence-corrected chi connectivity index (χ0v) is 11.1. The summed E-state index contributed by atoms with van der Waals surface area (Å²) in [5, 5.41) is 13.3. The number of nitrogens with one attached hydrogen (secondary N) is 1. The summed E-state index contributed by atoms with van der Waals surface area (Å²) in [4.78, 5) is 9.87. The molecule has 2 aromatic rings. The van der Waals surface area contributed by atoms with Gasteiger partial charge in [-0.2, -0.15) is 0 Å². The summed E-state index contributed by atoms with van der Waals surface area (Å²) < 4.78 is 40.2. The molecule has 0 unspecified atom stereocenters. The molecule has 0 saturated heterocycles. The maximum Gasteiger partial charge on any atom is 0.298 e. The molecule has 0 radical (unpaired) electrons. The molecule has 4 nitrogen and oxygen atoms in total. The van der Waals surface area contributed by atoms with Crippen LogP contribution in [0.4, 0.5) is 24.5 Å². The predicted octanol–water partition coefficient (Wildman–Crippen LogP) is 4.28. The third-order valence-electron chi connectivity index (χ3n) is 2.73. The fourth-order valence-electron chi connectivity index (χ4n) is 1.76. The Balaban J connectivity index is 2.34. The highest BCUT2D eigenvalue weighted by atomic mass is 35.5. The van der Waals surface area contributed by atoms with E-state index < -0.39 is 33.7 Å². The number of benzene rings is 2. The average Bonchev–Trinajstić information content (AvgIpc) is 2.39. The van der Waals surface area contributed by atoms with Crippen molar-refractivity contribution in [3.8, 4) is 0 Å². The monoisotopic (exact) mass is 316 g/mol. The molecule has 0 aromatic heterocycles. The van der Waals surface area contributed by atoms with Crippen molar-refractivity contribution in [1.82, 2.24) is 0 Å². The van der Waals surface area contributed by atoms with Crippen molar-refractivity contribution in [2.45, 2.75) is 6.54 Å². The maximum absolute atomic E-state index is 13.6. The molecule has 8 heteroatoms. The molecule has 0 aliphatic heterocycles. The van der Waals surface area contributed by atoms with Gasteiger partial charge in [0, 0.05) is 23.2 Å². The molecule has 2 rings (SSSR count). The summed E-state index contributed by atoms with van der Waals surface area (Å²) >= 11 is 5.80. The number of hydrogen-bond acceptors (Lipinski definition) is 3. The molecular formula is C13H8ClF3N2O2. The molecule has 0 heterocycles. The van der Waals surface area contributed by atoms with Crippen LogP contribution < -0.4 is 5.32 Å². The van der Waals surface area contributed by atoms with Gasteiger partial charge in [-0.1, -0.05) is 17.7 Å². The minimum absolute atomic E-state index is 0.0252. The van der Waals surface area contributed by atoms with Crippen LogP contribution in [0.25, 0.3) is 0 Å². The second-order valence-corrected chi connectivity index (χ2v) is 4.50. The lowest BCUT2D eigenvalue weighted by Crippen LogP contribution is -2.07. The zero-order chi connectivity index (χ0) is 15.6. The van der Waals surface area contributed by atoms with Crippen LogP contribution in [0.5, 0.6) is 0 Å². The second-order valence-electron chi connectivity index (χ2n) is 4.09. The van der Waals surface area contributed by atoms with Crippen LogP contribution in [0.15, 0.2) is 30.3 Å². The Morgan fingerprint density at radius 3 is 2.52 bits per heavy atom. The first-order valence-corrected chi connectivity index (χ1v) is 6.08. The Hall–Kier alpha value is -2.28. The van der Waals surface area contributed by atoms with E-state index in [4.69, 9.17) is 11.6 Å². The Labute approximate surface area is 122 Å². The number of anilines is 1. The van der Waals surface area contributed by atoms with E-state index in [1.54, 1.807) is 0 Å². The van der Waals surface area contributed by atoms with Gasteiger partial charge in [-0.15, -0.1) is 0 Å². The van der Waals surface area contributed by atoms with Gasteiger partial charge >= 0.3 is 0 Å². The fraction of sp³-hybridized carbons (Fsp3) is 0.0769. The Morgan fingerprint density at radius 2 is 1.90 bits per heavy atom. The van der Waals surface area contributed by atoms with Crippen molar-refractivity contribution in [1.29, 1.82) is 0 Å². The molecule has 1 N–H and O–H groups in total. The largest absolute Gasteiger partial charge is 0.373 e. The van der Waals surface area contributed by atoms with Crippen LogP contribution in [0.3, 0.4) is 0 Å². The number of rotatable bonds is 4. The highest BCUT2D eigenvalue weighted by molar-refractivity contribution is 6.31. The van der Waals surface area contributed by atoms with Gasteiger partial charge in [-0.25, -0.2) is 13.2 Å². The van der Waals surface area contributed by atoms with Crippen molar-refractivity contribution in [2.75, 3.05) is 5.32 Å². The SMILES string of the molecule is O=[N+]([O-])c1cc(F)cc(F)c1NCc1c(F)cccc1Cl. The van der Waals surface area contributed by atoms with Crippen molar-refractivity contribution in [3.63, 3.8) is 0 Å². The van der Waals surface area contributed by atoms with Crippen LogP contribution in [0.2, 0.25) is 5.02 Å². The Kier molecular flexibility index (Phi) is 4.32. The molecule has 21 heavy (non-hydrogen) atoms. The van der Waals surface area contributed by atoms with E-state index in [9.17, 15) is 23.3 Å². The van der Waals surface area contributed by atoms with E-state index in [1.165, 1.54) is 12.1 Å². The molecule has 0 saturated carbocycles. The summed E-state index contributed by atoms with van der Waals surface area (Å²) in [5.74, 6) is -2.86. The van der Waals surface area contributed by atoms with E-state index in [1.807, 2.05) is 0 Å². The minimum Gasteiger partial charge on any atom is -0.373 e. The topological polar surface area (TPSA) is 55.2 Å². The van der Waals surface area contributed by atoms with Crippen molar-refractivity contribution < 1.29 is 18.1 Å². The highest BCUT2D eigenvalue weighted by Crippen LogP contribution is 2.30. The average molecular weight is 317 g/mol. The Bertz CT molecular complexity index is 690. The molecule has 110 valence electrons. The summed E-state index contributed by atoms with van der Waals surface area (Å²) in [5.41, 5.74) is -1.28. The van der Waals surface area contributed by atoms with Crippen molar-refractivity contribution in [3.05, 3.63) is 68.5 Å². The molecule has 0 bridgehead atoms. The molecule has 0 aliphatic rings. The number of nitro groups is 1. The lowest BCUT2D eigenvalue weighted by atomic mass is 10.2. The van der Waals surface area contributed by atoms with E-state index in [2.05, 4.69) is 5.32 Å². The first-order valence-electron chi connectivity index (χ1n) is 5.70. The third-order valence-corrected chi connectivity index (χ3v) is 3.09. The van der Waals surface area contributed by atoms with Crippen LogP contribution >= 0.6 is 11.6 Å². The second kappa shape index (κ2) is 6.01. The standard InChI is InChI=1S/C13H8ClF3N2O2/c14-9-2-1-3-10(16)8(9)6-18-13-11(17)4-7(15)5-12(13)19(20)21/h1-5,18H,6H2. The smallest absolute Gasteiger partial charge is 0.298 e. The first kappa shape index (κ1) is 15.1. The highest BCUT2D eigenvalue weighted by Gasteiger charge is 2.21. The summed E-state index contributed by atoms with van der Waals surface area (Å²) in [6, 6.07) is 5.05. The maximum atomic E-state index is 13.6. The van der Waals surface area contributed by atoms with E-state index in [0.717, 1.165) is 6.07 Å². The molecule has 2 aromatic carbocycles. The summed E-state index contributed by atoms with van der Waals surface area (Å²) in [6.07, 6.45) is 0. The minimum atomic E-state index is -1.14. The number of nitrogens with zero attached hydrogens (tertiary/aromatic N) is 1. The van der Waals surface area contributed by atoms with Crippen molar-refractivity contribution in [2.24, 2.45) is 0 Å². The lowest BCUT2D eigenvalue weighted by molar-refractivity contribution is -0.384. The number of halogens is 4. The summed E-state index contributed by atoms with van der Waals surface area (Å²) in [7, 11) is 0. The van der Waals surface area contributed by atoms with Gasteiger partial charge in [-0.05, 0) is 12.1 Å². The van der Waals surface area contributed by atoms with Crippen LogP contribution in [0, 0.1) is 27.6 Å². The van der Waals surface area contributed by atoms with Gasteiger partial charge in [0.1, 0.15) is 17.3 Å². The molecular weight excluding hydrogens is 309 g/mol. The van der Waals surface area contributed by atoms with Gasteiger partial charge in [0.15, 0.2) is 5.82 Å². The van der Waals surface area contributed by atoms with Gasteiger partial charge in [0.25, 0.3) is 5.69 Å². The van der Waals surface area contributed by atoms with Crippen molar-refractivity contribution >= 4 is 23.0 Å². The van der Waals surface area contributed by atoms with Gasteiger partial charge in [0.05, 0.1) is 11.0 Å². The normalized spacial score (nSPS) is 10.5.